The van der Waals surface area contributed by atoms with Crippen molar-refractivity contribution in [2.24, 2.45) is 0 Å². The summed E-state index contributed by atoms with van der Waals surface area (Å²) in [6.45, 7) is 5.89. The maximum atomic E-state index is 13.4. The smallest absolute Gasteiger partial charge is 0.353 e. The summed E-state index contributed by atoms with van der Waals surface area (Å²) < 4.78 is 38.8. The molecule has 0 saturated carbocycles. The van der Waals surface area contributed by atoms with Gasteiger partial charge in [-0.15, -0.1) is 0 Å². The lowest BCUT2D eigenvalue weighted by Crippen LogP contribution is -2.45. The van der Waals surface area contributed by atoms with Gasteiger partial charge in [0.15, 0.2) is 0 Å². The summed E-state index contributed by atoms with van der Waals surface area (Å²) in [4.78, 5) is 31.1. The second-order valence-electron chi connectivity index (χ2n) is 9.49. The van der Waals surface area contributed by atoms with E-state index in [0.29, 0.717) is 29.2 Å². The predicted octanol–water partition coefficient (Wildman–Crippen LogP) is 6.21. The SMILES string of the molecule is CC(C)N(CCNC(=O)CN1C(=O)C(=Cc2ccc(C(F)(F)F)cc2)Sc2ccccc21)Cc1ccccc1. The molecule has 0 radical (unpaired) electrons. The Labute approximate surface area is 230 Å². The number of anilines is 1. The molecule has 0 aliphatic carbocycles. The number of hydrogen-bond acceptors (Lipinski definition) is 4. The average molecular weight is 554 g/mol. The van der Waals surface area contributed by atoms with E-state index in [-0.39, 0.29) is 24.4 Å². The summed E-state index contributed by atoms with van der Waals surface area (Å²) in [5.41, 5.74) is 1.53. The molecule has 204 valence electrons. The highest BCUT2D eigenvalue weighted by molar-refractivity contribution is 8.04. The number of carbonyl (C=O) groups excluding carboxylic acids is 2. The molecule has 5 nitrogen and oxygen atoms in total. The van der Waals surface area contributed by atoms with E-state index >= 15 is 0 Å². The topological polar surface area (TPSA) is 52.7 Å². The minimum Gasteiger partial charge on any atom is -0.353 e. The predicted molar refractivity (Wildman–Crippen MR) is 149 cm³/mol. The van der Waals surface area contributed by atoms with Gasteiger partial charge in [-0.2, -0.15) is 13.2 Å². The lowest BCUT2D eigenvalue weighted by Gasteiger charge is -2.30. The van der Waals surface area contributed by atoms with E-state index in [1.807, 2.05) is 30.3 Å². The van der Waals surface area contributed by atoms with Crippen LogP contribution in [0.25, 0.3) is 6.08 Å². The zero-order chi connectivity index (χ0) is 28.0. The number of nitrogens with zero attached hydrogens (tertiary/aromatic N) is 2. The van der Waals surface area contributed by atoms with Crippen molar-refractivity contribution in [3.63, 3.8) is 0 Å². The maximum Gasteiger partial charge on any atom is 0.416 e. The Balaban J connectivity index is 1.43. The number of halogens is 3. The van der Waals surface area contributed by atoms with E-state index in [1.54, 1.807) is 18.2 Å². The second kappa shape index (κ2) is 12.5. The fourth-order valence-electron chi connectivity index (χ4n) is 4.22. The Kier molecular flexibility index (Phi) is 9.14. The summed E-state index contributed by atoms with van der Waals surface area (Å²) in [6, 6.07) is 22.3. The first kappa shape index (κ1) is 28.4. The first-order chi connectivity index (χ1) is 18.6. The van der Waals surface area contributed by atoms with E-state index in [9.17, 15) is 22.8 Å². The summed E-state index contributed by atoms with van der Waals surface area (Å²) >= 11 is 1.24. The van der Waals surface area contributed by atoms with Crippen LogP contribution in [0.1, 0.15) is 30.5 Å². The van der Waals surface area contributed by atoms with Crippen LogP contribution >= 0.6 is 11.8 Å². The Morgan fingerprint density at radius 2 is 1.67 bits per heavy atom. The van der Waals surface area contributed by atoms with Crippen LogP contribution in [0.5, 0.6) is 0 Å². The van der Waals surface area contributed by atoms with Crippen molar-refractivity contribution in [1.82, 2.24) is 10.2 Å². The molecule has 0 unspecified atom stereocenters. The minimum atomic E-state index is -4.43. The number of para-hydroxylation sites is 1. The number of benzene rings is 3. The van der Waals surface area contributed by atoms with Gasteiger partial charge in [0.1, 0.15) is 6.54 Å². The van der Waals surface area contributed by atoms with Crippen LogP contribution in [0.2, 0.25) is 0 Å². The molecule has 0 fully saturated rings. The van der Waals surface area contributed by atoms with Crippen LogP contribution < -0.4 is 10.2 Å². The molecule has 0 spiro atoms. The molecule has 4 rings (SSSR count). The van der Waals surface area contributed by atoms with E-state index in [1.165, 1.54) is 34.4 Å². The molecule has 9 heteroatoms. The summed E-state index contributed by atoms with van der Waals surface area (Å²) in [7, 11) is 0. The monoisotopic (exact) mass is 553 g/mol. The first-order valence-electron chi connectivity index (χ1n) is 12.6. The number of fused-ring (bicyclic) bond motifs is 1. The highest BCUT2D eigenvalue weighted by Gasteiger charge is 2.31. The van der Waals surface area contributed by atoms with Gasteiger partial charge in [-0.05, 0) is 55.3 Å². The molecular weight excluding hydrogens is 523 g/mol. The van der Waals surface area contributed by atoms with E-state index in [4.69, 9.17) is 0 Å². The Morgan fingerprint density at radius 3 is 2.33 bits per heavy atom. The zero-order valence-corrected chi connectivity index (χ0v) is 22.6. The molecule has 0 aromatic heterocycles. The molecule has 0 saturated heterocycles. The van der Waals surface area contributed by atoms with Crippen LogP contribution in [0.15, 0.2) is 88.7 Å². The van der Waals surface area contributed by atoms with Crippen LogP contribution in [0.3, 0.4) is 0 Å². The van der Waals surface area contributed by atoms with Gasteiger partial charge >= 0.3 is 6.18 Å². The van der Waals surface area contributed by atoms with Gasteiger partial charge in [-0.3, -0.25) is 19.4 Å². The molecule has 1 N–H and O–H groups in total. The van der Waals surface area contributed by atoms with E-state index in [2.05, 4.69) is 36.2 Å². The third-order valence-corrected chi connectivity index (χ3v) is 7.43. The number of hydrogen-bond donors (Lipinski definition) is 1. The van der Waals surface area contributed by atoms with Crippen LogP contribution in [0.4, 0.5) is 18.9 Å². The standard InChI is InChI=1S/C30H30F3N3O2S/c1-21(2)35(19-23-8-4-3-5-9-23)17-16-34-28(37)20-36-25-10-6-7-11-26(25)39-27(29(36)38)18-22-12-14-24(15-13-22)30(31,32)33/h3-15,18,21H,16-17,19-20H2,1-2H3,(H,34,37). The van der Waals surface area contributed by atoms with Gasteiger partial charge in [0.05, 0.1) is 16.2 Å². The molecule has 0 bridgehead atoms. The van der Waals surface area contributed by atoms with Gasteiger partial charge in [0.2, 0.25) is 5.91 Å². The zero-order valence-electron chi connectivity index (χ0n) is 21.7. The van der Waals surface area contributed by atoms with Gasteiger partial charge in [-0.25, -0.2) is 0 Å². The fourth-order valence-corrected chi connectivity index (χ4v) is 5.27. The summed E-state index contributed by atoms with van der Waals surface area (Å²) in [5, 5.41) is 2.93. The number of thioether (sulfide) groups is 1. The molecule has 0 atom stereocenters. The summed E-state index contributed by atoms with van der Waals surface area (Å²) in [5.74, 6) is -0.663. The highest BCUT2D eigenvalue weighted by atomic mass is 32.2. The Hall–Kier alpha value is -3.56. The first-order valence-corrected chi connectivity index (χ1v) is 13.5. The van der Waals surface area contributed by atoms with E-state index < -0.39 is 11.7 Å². The Bertz CT molecular complexity index is 1330. The van der Waals surface area contributed by atoms with Crippen molar-refractivity contribution < 1.29 is 22.8 Å². The van der Waals surface area contributed by atoms with Crippen molar-refractivity contribution in [1.29, 1.82) is 0 Å². The largest absolute Gasteiger partial charge is 0.416 e. The van der Waals surface area contributed by atoms with E-state index in [0.717, 1.165) is 23.6 Å². The molecule has 3 aromatic rings. The number of rotatable bonds is 9. The van der Waals surface area contributed by atoms with Crippen molar-refractivity contribution in [3.8, 4) is 0 Å². The normalized spacial score (nSPS) is 14.7. The van der Waals surface area contributed by atoms with Crippen LogP contribution in [0, 0.1) is 0 Å². The fraction of sp³-hybridized carbons (Fsp3) is 0.267. The molecule has 3 aromatic carbocycles. The molecule has 2 amide bonds. The average Bonchev–Trinajstić information content (AvgIpc) is 2.91. The quantitative estimate of drug-likeness (QED) is 0.320. The van der Waals surface area contributed by atoms with Crippen molar-refractivity contribution in [2.45, 2.75) is 37.5 Å². The number of carbonyl (C=O) groups is 2. The van der Waals surface area contributed by atoms with Crippen molar-refractivity contribution >= 4 is 35.3 Å². The van der Waals surface area contributed by atoms with Crippen LogP contribution in [-0.4, -0.2) is 42.4 Å². The van der Waals surface area contributed by atoms with Crippen LogP contribution in [-0.2, 0) is 22.3 Å². The lowest BCUT2D eigenvalue weighted by atomic mass is 10.1. The molecule has 39 heavy (non-hydrogen) atoms. The number of amides is 2. The van der Waals surface area contributed by atoms with Gasteiger partial charge in [-0.1, -0.05) is 66.4 Å². The number of nitrogens with one attached hydrogen (secondary N) is 1. The third-order valence-electron chi connectivity index (χ3n) is 6.35. The highest BCUT2D eigenvalue weighted by Crippen LogP contribution is 2.42. The minimum absolute atomic E-state index is 0.166. The van der Waals surface area contributed by atoms with Crippen molar-refractivity contribution in [2.75, 3.05) is 24.5 Å². The van der Waals surface area contributed by atoms with Crippen molar-refractivity contribution in [3.05, 3.63) is 100 Å². The molecule has 1 heterocycles. The Morgan fingerprint density at radius 1 is 1.00 bits per heavy atom. The van der Waals surface area contributed by atoms with Gasteiger partial charge in [0.25, 0.3) is 5.91 Å². The lowest BCUT2D eigenvalue weighted by molar-refractivity contribution is -0.137. The molecular formula is C30H30F3N3O2S. The molecule has 1 aliphatic heterocycles. The summed E-state index contributed by atoms with van der Waals surface area (Å²) in [6.07, 6.45) is -2.88. The van der Waals surface area contributed by atoms with Gasteiger partial charge < -0.3 is 5.32 Å². The third kappa shape index (κ3) is 7.52. The maximum absolute atomic E-state index is 13.4. The van der Waals surface area contributed by atoms with Gasteiger partial charge in [0, 0.05) is 30.6 Å². The number of alkyl halides is 3. The molecule has 1 aliphatic rings. The second-order valence-corrected chi connectivity index (χ2v) is 10.6.